The van der Waals surface area contributed by atoms with Gasteiger partial charge in [-0.3, -0.25) is 9.59 Å². The zero-order chi connectivity index (χ0) is 21.8. The summed E-state index contributed by atoms with van der Waals surface area (Å²) in [7, 11) is 0. The first kappa shape index (κ1) is 21.4. The van der Waals surface area contributed by atoms with Crippen molar-refractivity contribution < 1.29 is 14.3 Å². The molecule has 0 spiro atoms. The summed E-state index contributed by atoms with van der Waals surface area (Å²) in [4.78, 5) is 27.0. The van der Waals surface area contributed by atoms with Crippen LogP contribution in [0.25, 0.3) is 0 Å². The Morgan fingerprint density at radius 1 is 1.40 bits per heavy atom. The highest BCUT2D eigenvalue weighted by Crippen LogP contribution is 2.35. The molecule has 3 rings (SSSR count). The van der Waals surface area contributed by atoms with Crippen LogP contribution in [0.4, 0.5) is 0 Å². The van der Waals surface area contributed by atoms with Crippen LogP contribution in [0.15, 0.2) is 16.9 Å². The summed E-state index contributed by atoms with van der Waals surface area (Å²) >= 11 is 0. The minimum Gasteiger partial charge on any atom is -0.494 e. The molecular weight excluding hydrogens is 382 g/mol. The van der Waals surface area contributed by atoms with E-state index in [4.69, 9.17) is 9.47 Å². The molecule has 30 heavy (non-hydrogen) atoms. The number of ether oxygens (including phenoxy) is 2. The average molecular weight is 409 g/mol. The number of hydrogen-bond acceptors (Lipinski definition) is 5. The van der Waals surface area contributed by atoms with Gasteiger partial charge in [0.15, 0.2) is 0 Å². The van der Waals surface area contributed by atoms with Crippen LogP contribution in [0.2, 0.25) is 0 Å². The van der Waals surface area contributed by atoms with E-state index < -0.39 is 5.56 Å². The molecular formula is C23H27N3O4. The van der Waals surface area contributed by atoms with Crippen molar-refractivity contribution in [1.82, 2.24) is 10.3 Å². The lowest BCUT2D eigenvalue weighted by atomic mass is 9.99. The summed E-state index contributed by atoms with van der Waals surface area (Å²) in [5, 5.41) is 12.1. The average Bonchev–Trinajstić information content (AvgIpc) is 3.05. The Labute approximate surface area is 176 Å². The van der Waals surface area contributed by atoms with Crippen LogP contribution in [0.3, 0.4) is 0 Å². The standard InChI is InChI=1S/C23H27N3O4/c1-5-29-20-9-16-8-13(2)30-21(16)10-17(20)12-25-22(27)7-6-18-14(3)19(11-24)23(28)26-15(18)4/h9-10,13H,5-8,12H2,1-4H3,(H,25,27)(H,26,28)/t13-/m1/s1. The number of aromatic nitrogens is 1. The predicted molar refractivity (Wildman–Crippen MR) is 113 cm³/mol. The smallest absolute Gasteiger partial charge is 0.266 e. The Morgan fingerprint density at radius 2 is 2.17 bits per heavy atom. The number of amides is 1. The van der Waals surface area contributed by atoms with Crippen molar-refractivity contribution in [3.8, 4) is 17.6 Å². The number of rotatable bonds is 7. The third kappa shape index (κ3) is 4.48. The number of nitrogens with zero attached hydrogens (tertiary/aromatic N) is 1. The van der Waals surface area contributed by atoms with Crippen molar-refractivity contribution in [3.63, 3.8) is 0 Å². The van der Waals surface area contributed by atoms with E-state index >= 15 is 0 Å². The summed E-state index contributed by atoms with van der Waals surface area (Å²) in [6.45, 7) is 8.37. The Morgan fingerprint density at radius 3 is 2.87 bits per heavy atom. The molecule has 7 heteroatoms. The quantitative estimate of drug-likeness (QED) is 0.732. The highest BCUT2D eigenvalue weighted by molar-refractivity contribution is 5.76. The maximum absolute atomic E-state index is 12.5. The Bertz CT molecular complexity index is 1070. The van der Waals surface area contributed by atoms with Gasteiger partial charge in [0, 0.05) is 36.2 Å². The number of carbonyl (C=O) groups excluding carboxylic acids is 1. The van der Waals surface area contributed by atoms with E-state index in [2.05, 4.69) is 10.3 Å². The molecule has 158 valence electrons. The first-order chi connectivity index (χ1) is 14.3. The molecule has 1 aromatic carbocycles. The number of nitrogens with one attached hydrogen (secondary N) is 2. The van der Waals surface area contributed by atoms with Crippen LogP contribution >= 0.6 is 0 Å². The number of aromatic amines is 1. The molecule has 7 nitrogen and oxygen atoms in total. The molecule has 1 aliphatic heterocycles. The minimum atomic E-state index is -0.391. The molecule has 1 aromatic heterocycles. The molecule has 0 radical (unpaired) electrons. The lowest BCUT2D eigenvalue weighted by Crippen LogP contribution is -2.24. The zero-order valence-electron chi connectivity index (χ0n) is 17.8. The summed E-state index contributed by atoms with van der Waals surface area (Å²) < 4.78 is 11.6. The van der Waals surface area contributed by atoms with E-state index in [0.717, 1.165) is 34.6 Å². The Kier molecular flexibility index (Phi) is 6.46. The molecule has 1 aliphatic rings. The SMILES string of the molecule is CCOc1cc2c(cc1CNC(=O)CCc1c(C)[nH]c(=O)c(C#N)c1C)O[C@H](C)C2. The first-order valence-electron chi connectivity index (χ1n) is 10.2. The van der Waals surface area contributed by atoms with Crippen molar-refractivity contribution in [1.29, 1.82) is 5.26 Å². The van der Waals surface area contributed by atoms with Gasteiger partial charge < -0.3 is 19.8 Å². The van der Waals surface area contributed by atoms with Gasteiger partial charge in [0.25, 0.3) is 5.56 Å². The van der Waals surface area contributed by atoms with Gasteiger partial charge in [0.2, 0.25) is 5.91 Å². The van der Waals surface area contributed by atoms with Crippen LogP contribution in [0.1, 0.15) is 53.8 Å². The number of hydrogen-bond donors (Lipinski definition) is 2. The second-order valence-corrected chi connectivity index (χ2v) is 7.58. The molecule has 0 saturated heterocycles. The Balaban J connectivity index is 1.67. The molecule has 2 aromatic rings. The summed E-state index contributed by atoms with van der Waals surface area (Å²) in [6.07, 6.45) is 1.69. The monoisotopic (exact) mass is 409 g/mol. The third-order valence-corrected chi connectivity index (χ3v) is 5.38. The fraction of sp³-hybridized carbons (Fsp3) is 0.435. The molecule has 0 bridgehead atoms. The van der Waals surface area contributed by atoms with E-state index in [0.29, 0.717) is 30.8 Å². The molecule has 0 fully saturated rings. The second kappa shape index (κ2) is 9.04. The molecule has 0 aliphatic carbocycles. The number of aryl methyl sites for hydroxylation is 1. The molecule has 0 unspecified atom stereocenters. The van der Waals surface area contributed by atoms with Crippen LogP contribution in [-0.4, -0.2) is 23.6 Å². The molecule has 2 N–H and O–H groups in total. The van der Waals surface area contributed by atoms with Gasteiger partial charge in [-0.05, 0) is 57.4 Å². The van der Waals surface area contributed by atoms with Gasteiger partial charge in [0.1, 0.15) is 29.2 Å². The number of H-pyrrole nitrogens is 1. The van der Waals surface area contributed by atoms with Crippen molar-refractivity contribution in [2.45, 2.75) is 59.6 Å². The molecule has 1 atom stereocenters. The summed E-state index contributed by atoms with van der Waals surface area (Å²) in [5.74, 6) is 1.50. The maximum Gasteiger partial charge on any atom is 0.266 e. The number of carbonyl (C=O) groups is 1. The van der Waals surface area contributed by atoms with Gasteiger partial charge in [-0.25, -0.2) is 0 Å². The van der Waals surface area contributed by atoms with E-state index in [1.54, 1.807) is 13.8 Å². The maximum atomic E-state index is 12.5. The number of pyridine rings is 1. The van der Waals surface area contributed by atoms with E-state index in [1.165, 1.54) is 0 Å². The van der Waals surface area contributed by atoms with Crippen molar-refractivity contribution in [3.05, 3.63) is 56.0 Å². The largest absolute Gasteiger partial charge is 0.494 e. The van der Waals surface area contributed by atoms with Crippen LogP contribution < -0.4 is 20.3 Å². The number of fused-ring (bicyclic) bond motifs is 1. The predicted octanol–water partition coefficient (Wildman–Crippen LogP) is 2.83. The second-order valence-electron chi connectivity index (χ2n) is 7.58. The van der Waals surface area contributed by atoms with Gasteiger partial charge in [-0.15, -0.1) is 0 Å². The van der Waals surface area contributed by atoms with Gasteiger partial charge >= 0.3 is 0 Å². The Hall–Kier alpha value is -3.27. The molecule has 2 heterocycles. The van der Waals surface area contributed by atoms with Gasteiger partial charge in [-0.1, -0.05) is 0 Å². The van der Waals surface area contributed by atoms with Crippen molar-refractivity contribution >= 4 is 5.91 Å². The summed E-state index contributed by atoms with van der Waals surface area (Å²) in [5.41, 5.74) is 3.86. The van der Waals surface area contributed by atoms with E-state index in [-0.39, 0.29) is 24.0 Å². The van der Waals surface area contributed by atoms with Crippen molar-refractivity contribution in [2.75, 3.05) is 6.61 Å². The van der Waals surface area contributed by atoms with Crippen molar-refractivity contribution in [2.24, 2.45) is 0 Å². The number of nitriles is 1. The topological polar surface area (TPSA) is 104 Å². The van der Waals surface area contributed by atoms with Crippen LogP contribution in [0, 0.1) is 25.2 Å². The fourth-order valence-corrected chi connectivity index (χ4v) is 3.85. The lowest BCUT2D eigenvalue weighted by molar-refractivity contribution is -0.121. The lowest BCUT2D eigenvalue weighted by Gasteiger charge is -2.14. The molecule has 0 saturated carbocycles. The van der Waals surface area contributed by atoms with E-state index in [1.807, 2.05) is 32.0 Å². The highest BCUT2D eigenvalue weighted by atomic mass is 16.5. The van der Waals surface area contributed by atoms with Crippen LogP contribution in [-0.2, 0) is 24.2 Å². The first-order valence-corrected chi connectivity index (χ1v) is 10.2. The van der Waals surface area contributed by atoms with E-state index in [9.17, 15) is 14.9 Å². The number of benzene rings is 1. The fourth-order valence-electron chi connectivity index (χ4n) is 3.85. The van der Waals surface area contributed by atoms with Gasteiger partial charge in [-0.2, -0.15) is 5.26 Å². The molecule has 1 amide bonds. The zero-order valence-corrected chi connectivity index (χ0v) is 17.8. The highest BCUT2D eigenvalue weighted by Gasteiger charge is 2.22. The third-order valence-electron chi connectivity index (χ3n) is 5.38. The van der Waals surface area contributed by atoms with Crippen LogP contribution in [0.5, 0.6) is 11.5 Å². The normalized spacial score (nSPS) is 14.6. The minimum absolute atomic E-state index is 0.102. The van der Waals surface area contributed by atoms with Gasteiger partial charge in [0.05, 0.1) is 6.61 Å². The summed E-state index contributed by atoms with van der Waals surface area (Å²) in [6, 6.07) is 5.88.